The second-order valence-electron chi connectivity index (χ2n) is 5.96. The van der Waals surface area contributed by atoms with Gasteiger partial charge in [-0.15, -0.1) is 11.3 Å². The van der Waals surface area contributed by atoms with Crippen LogP contribution in [-0.4, -0.2) is 41.9 Å². The van der Waals surface area contributed by atoms with E-state index in [9.17, 15) is 9.59 Å². The molecule has 6 nitrogen and oxygen atoms in total. The first-order valence-electron chi connectivity index (χ1n) is 8.69. The molecule has 2 rings (SSSR count). The van der Waals surface area contributed by atoms with E-state index in [1.165, 1.54) is 18.4 Å². The number of benzene rings is 1. The van der Waals surface area contributed by atoms with E-state index < -0.39 is 0 Å². The third-order valence-corrected chi connectivity index (χ3v) is 4.69. The molecule has 140 valence electrons. The van der Waals surface area contributed by atoms with Crippen molar-refractivity contribution in [2.45, 2.75) is 33.1 Å². The molecule has 0 unspecified atom stereocenters. The van der Waals surface area contributed by atoms with Crippen molar-refractivity contribution in [2.75, 3.05) is 25.5 Å². The molecule has 7 heteroatoms. The smallest absolute Gasteiger partial charge is 0.258 e. The number of aromatic nitrogens is 1. The molecule has 0 bridgehead atoms. The van der Waals surface area contributed by atoms with Crippen LogP contribution in [0.1, 0.15) is 41.4 Å². The lowest BCUT2D eigenvalue weighted by Crippen LogP contribution is -2.38. The molecule has 1 aromatic carbocycles. The number of aryl methyl sites for hydroxylation is 1. The van der Waals surface area contributed by atoms with Gasteiger partial charge in [0.05, 0.1) is 12.7 Å². The molecule has 26 heavy (non-hydrogen) atoms. The van der Waals surface area contributed by atoms with Crippen LogP contribution in [0.2, 0.25) is 0 Å². The molecule has 1 heterocycles. The van der Waals surface area contributed by atoms with Crippen molar-refractivity contribution in [3.63, 3.8) is 0 Å². The molecule has 0 fully saturated rings. The number of methoxy groups -OCH3 is 1. The number of anilines is 1. The molecule has 1 aromatic heterocycles. The summed E-state index contributed by atoms with van der Waals surface area (Å²) in [7, 11) is 1.53. The monoisotopic (exact) mass is 375 g/mol. The Morgan fingerprint density at radius 3 is 2.69 bits per heavy atom. The quantitative estimate of drug-likeness (QED) is 0.678. The van der Waals surface area contributed by atoms with E-state index in [0.29, 0.717) is 23.0 Å². The van der Waals surface area contributed by atoms with Crippen molar-refractivity contribution < 1.29 is 14.3 Å². The minimum Gasteiger partial charge on any atom is -0.496 e. The zero-order valence-corrected chi connectivity index (χ0v) is 16.3. The molecular formula is C19H25N3O3S. The highest BCUT2D eigenvalue weighted by Gasteiger charge is 2.21. The summed E-state index contributed by atoms with van der Waals surface area (Å²) in [5, 5.41) is 3.31. The fraction of sp³-hybridized carbons (Fsp3) is 0.421. The number of rotatable bonds is 9. The van der Waals surface area contributed by atoms with E-state index in [0.717, 1.165) is 24.1 Å². The molecule has 0 saturated heterocycles. The number of para-hydroxylation sites is 1. The van der Waals surface area contributed by atoms with E-state index in [1.807, 2.05) is 13.0 Å². The minimum absolute atomic E-state index is 0.0147. The maximum Gasteiger partial charge on any atom is 0.258 e. The number of thiazole rings is 1. The lowest BCUT2D eigenvalue weighted by Gasteiger charge is -2.23. The molecule has 0 spiro atoms. The van der Waals surface area contributed by atoms with Crippen LogP contribution in [0.5, 0.6) is 5.75 Å². The van der Waals surface area contributed by atoms with Crippen molar-refractivity contribution in [3.8, 4) is 5.75 Å². The third kappa shape index (κ3) is 5.56. The zero-order valence-electron chi connectivity index (χ0n) is 15.4. The van der Waals surface area contributed by atoms with E-state index in [2.05, 4.69) is 17.2 Å². The predicted molar refractivity (Wildman–Crippen MR) is 104 cm³/mol. The van der Waals surface area contributed by atoms with Gasteiger partial charge in [-0.05, 0) is 25.5 Å². The molecule has 2 amide bonds. The van der Waals surface area contributed by atoms with Crippen molar-refractivity contribution in [1.82, 2.24) is 9.88 Å². The number of ether oxygens (including phenoxy) is 1. The Balaban J connectivity index is 2.11. The summed E-state index contributed by atoms with van der Waals surface area (Å²) in [6.45, 7) is 4.54. The highest BCUT2D eigenvalue weighted by atomic mass is 32.1. The standard InChI is InChI=1S/C19H25N3O3S/c1-4-5-8-11-22(13-17(23)21-19-20-12-14(2)26-19)18(24)15-9-6-7-10-16(15)25-3/h6-7,9-10,12H,4-5,8,11,13H2,1-3H3,(H,20,21,23). The van der Waals surface area contributed by atoms with E-state index in [1.54, 1.807) is 29.3 Å². The fourth-order valence-electron chi connectivity index (χ4n) is 2.54. The summed E-state index contributed by atoms with van der Waals surface area (Å²) >= 11 is 1.41. The summed E-state index contributed by atoms with van der Waals surface area (Å²) in [6.07, 6.45) is 4.60. The first-order chi connectivity index (χ1) is 12.5. The third-order valence-electron chi connectivity index (χ3n) is 3.86. The highest BCUT2D eigenvalue weighted by Crippen LogP contribution is 2.20. The Kier molecular flexibility index (Phi) is 7.59. The number of unbranched alkanes of at least 4 members (excludes halogenated alkanes) is 2. The maximum absolute atomic E-state index is 13.0. The normalized spacial score (nSPS) is 10.4. The van der Waals surface area contributed by atoms with E-state index >= 15 is 0 Å². The Labute approximate surface area is 158 Å². The largest absolute Gasteiger partial charge is 0.496 e. The maximum atomic E-state index is 13.0. The number of amides is 2. The Bertz CT molecular complexity index is 745. The Hall–Kier alpha value is -2.41. The van der Waals surface area contributed by atoms with Gasteiger partial charge in [0.2, 0.25) is 5.91 Å². The number of hydrogen-bond acceptors (Lipinski definition) is 5. The van der Waals surface area contributed by atoms with Gasteiger partial charge in [0.25, 0.3) is 5.91 Å². The number of hydrogen-bond donors (Lipinski definition) is 1. The Morgan fingerprint density at radius 1 is 1.27 bits per heavy atom. The van der Waals surface area contributed by atoms with Gasteiger partial charge >= 0.3 is 0 Å². The van der Waals surface area contributed by atoms with Gasteiger partial charge in [0.15, 0.2) is 5.13 Å². The molecule has 0 saturated carbocycles. The fourth-order valence-corrected chi connectivity index (χ4v) is 3.22. The van der Waals surface area contributed by atoms with Crippen molar-refractivity contribution in [2.24, 2.45) is 0 Å². The molecular weight excluding hydrogens is 350 g/mol. The van der Waals surface area contributed by atoms with Crippen molar-refractivity contribution >= 4 is 28.3 Å². The first kappa shape index (κ1) is 19.9. The summed E-state index contributed by atoms with van der Waals surface area (Å²) in [5.41, 5.74) is 0.462. The van der Waals surface area contributed by atoms with Crippen LogP contribution in [0.15, 0.2) is 30.5 Å². The topological polar surface area (TPSA) is 71.5 Å². The second kappa shape index (κ2) is 9.91. The lowest BCUT2D eigenvalue weighted by atomic mass is 10.1. The van der Waals surface area contributed by atoms with Crippen molar-refractivity contribution in [3.05, 3.63) is 40.9 Å². The van der Waals surface area contributed by atoms with Gasteiger partial charge in [0, 0.05) is 17.6 Å². The zero-order chi connectivity index (χ0) is 18.9. The Morgan fingerprint density at radius 2 is 2.04 bits per heavy atom. The van der Waals surface area contributed by atoms with Gasteiger partial charge in [-0.25, -0.2) is 4.98 Å². The average Bonchev–Trinajstić information content (AvgIpc) is 3.05. The molecule has 0 atom stereocenters. The summed E-state index contributed by atoms with van der Waals surface area (Å²) in [4.78, 5) is 32.1. The highest BCUT2D eigenvalue weighted by molar-refractivity contribution is 7.15. The predicted octanol–water partition coefficient (Wildman–Crippen LogP) is 3.73. The molecule has 0 aliphatic heterocycles. The van der Waals surface area contributed by atoms with Crippen LogP contribution in [0.3, 0.4) is 0 Å². The van der Waals surface area contributed by atoms with E-state index in [4.69, 9.17) is 4.74 Å². The van der Waals surface area contributed by atoms with Gasteiger partial charge < -0.3 is 15.0 Å². The van der Waals surface area contributed by atoms with E-state index in [-0.39, 0.29) is 18.4 Å². The summed E-state index contributed by atoms with van der Waals surface area (Å²) in [6, 6.07) is 7.07. The van der Waals surface area contributed by atoms with Gasteiger partial charge in [-0.3, -0.25) is 9.59 Å². The van der Waals surface area contributed by atoms with Crippen LogP contribution >= 0.6 is 11.3 Å². The number of nitrogens with zero attached hydrogens (tertiary/aromatic N) is 2. The van der Waals surface area contributed by atoms with Crippen LogP contribution in [-0.2, 0) is 4.79 Å². The summed E-state index contributed by atoms with van der Waals surface area (Å²) in [5.74, 6) is 0.0528. The number of carbonyl (C=O) groups is 2. The van der Waals surface area contributed by atoms with Crippen LogP contribution < -0.4 is 10.1 Å². The minimum atomic E-state index is -0.251. The lowest BCUT2D eigenvalue weighted by molar-refractivity contribution is -0.116. The molecule has 0 radical (unpaired) electrons. The molecule has 1 N–H and O–H groups in total. The molecule has 2 aromatic rings. The number of nitrogens with one attached hydrogen (secondary N) is 1. The SMILES string of the molecule is CCCCCN(CC(=O)Nc1ncc(C)s1)C(=O)c1ccccc1OC. The van der Waals surface area contributed by atoms with Gasteiger partial charge in [-0.1, -0.05) is 31.9 Å². The molecule has 0 aliphatic carbocycles. The van der Waals surface area contributed by atoms with Gasteiger partial charge in [-0.2, -0.15) is 0 Å². The van der Waals surface area contributed by atoms with Crippen molar-refractivity contribution in [1.29, 1.82) is 0 Å². The number of carbonyl (C=O) groups excluding carboxylic acids is 2. The summed E-state index contributed by atoms with van der Waals surface area (Å²) < 4.78 is 5.29. The van der Waals surface area contributed by atoms with Crippen LogP contribution in [0.4, 0.5) is 5.13 Å². The second-order valence-corrected chi connectivity index (χ2v) is 7.19. The average molecular weight is 375 g/mol. The molecule has 0 aliphatic rings. The van der Waals surface area contributed by atoms with Gasteiger partial charge in [0.1, 0.15) is 12.3 Å². The van der Waals surface area contributed by atoms with Crippen LogP contribution in [0, 0.1) is 6.92 Å². The van der Waals surface area contributed by atoms with Crippen LogP contribution in [0.25, 0.3) is 0 Å². The first-order valence-corrected chi connectivity index (χ1v) is 9.51.